The van der Waals surface area contributed by atoms with Crippen LogP contribution in [-0.2, 0) is 24.4 Å². The lowest BCUT2D eigenvalue weighted by molar-refractivity contribution is -0.185. The van der Waals surface area contributed by atoms with Crippen molar-refractivity contribution >= 4 is 21.8 Å². The van der Waals surface area contributed by atoms with Crippen LogP contribution in [0.4, 0.5) is 13.2 Å². The molecule has 1 amide bonds. The topological polar surface area (TPSA) is 38.8 Å². The lowest BCUT2D eigenvalue weighted by atomic mass is 10.1. The molecule has 0 unspecified atom stereocenters. The van der Waals surface area contributed by atoms with Crippen LogP contribution in [-0.4, -0.2) is 35.4 Å². The Morgan fingerprint density at radius 2 is 1.29 bits per heavy atom. The highest BCUT2D eigenvalue weighted by atomic mass is 79.9. The molecule has 3 aromatic rings. The van der Waals surface area contributed by atoms with Gasteiger partial charge in [-0.15, -0.1) is 0 Å². The first-order valence-electron chi connectivity index (χ1n) is 12.8. The van der Waals surface area contributed by atoms with Crippen LogP contribution in [0.15, 0.2) is 78.9 Å². The maximum absolute atomic E-state index is 13.2. The quantitative estimate of drug-likeness (QED) is 0.134. The number of rotatable bonds is 15. The van der Waals surface area contributed by atoms with Gasteiger partial charge in [-0.05, 0) is 48.1 Å². The Labute approximate surface area is 230 Å². The SMILES string of the molecule is O=C(N(CCCCCCBr)CCc1ccc(OCc2ccccc2)c(OCc2ccccc2)c1)C(F)(F)F. The molecule has 0 aliphatic rings. The van der Waals surface area contributed by atoms with Crippen LogP contribution in [0.2, 0.25) is 0 Å². The molecular weight excluding hydrogens is 559 g/mol. The lowest BCUT2D eigenvalue weighted by Crippen LogP contribution is -2.42. The van der Waals surface area contributed by atoms with Crippen molar-refractivity contribution in [1.29, 1.82) is 0 Å². The molecule has 0 radical (unpaired) electrons. The predicted octanol–water partition coefficient (Wildman–Crippen LogP) is 7.73. The van der Waals surface area contributed by atoms with Gasteiger partial charge in [-0.1, -0.05) is 95.5 Å². The molecule has 0 fully saturated rings. The third kappa shape index (κ3) is 10.0. The molecule has 0 saturated carbocycles. The van der Waals surface area contributed by atoms with Crippen LogP contribution < -0.4 is 9.47 Å². The van der Waals surface area contributed by atoms with Crippen molar-refractivity contribution in [1.82, 2.24) is 4.90 Å². The predicted molar refractivity (Wildman–Crippen MR) is 147 cm³/mol. The van der Waals surface area contributed by atoms with Gasteiger partial charge in [0.15, 0.2) is 11.5 Å². The van der Waals surface area contributed by atoms with Crippen LogP contribution in [0, 0.1) is 0 Å². The van der Waals surface area contributed by atoms with E-state index < -0.39 is 12.1 Å². The van der Waals surface area contributed by atoms with Crippen molar-refractivity contribution in [2.75, 3.05) is 18.4 Å². The summed E-state index contributed by atoms with van der Waals surface area (Å²) >= 11 is 3.35. The van der Waals surface area contributed by atoms with Gasteiger partial charge >= 0.3 is 12.1 Å². The zero-order valence-electron chi connectivity index (χ0n) is 21.3. The first-order chi connectivity index (χ1) is 18.4. The monoisotopic (exact) mass is 591 g/mol. The summed E-state index contributed by atoms with van der Waals surface area (Å²) in [5.41, 5.74) is 2.75. The van der Waals surface area contributed by atoms with E-state index >= 15 is 0 Å². The number of amides is 1. The van der Waals surface area contributed by atoms with Crippen LogP contribution in [0.3, 0.4) is 0 Å². The van der Waals surface area contributed by atoms with Crippen molar-refractivity contribution < 1.29 is 27.4 Å². The summed E-state index contributed by atoms with van der Waals surface area (Å²) in [5.74, 6) is -0.740. The summed E-state index contributed by atoms with van der Waals surface area (Å²) in [6, 6.07) is 24.8. The van der Waals surface area contributed by atoms with Gasteiger partial charge in [0.2, 0.25) is 0 Å². The van der Waals surface area contributed by atoms with Crippen molar-refractivity contribution in [3.63, 3.8) is 0 Å². The van der Waals surface area contributed by atoms with E-state index in [1.54, 1.807) is 12.1 Å². The Kier molecular flexibility index (Phi) is 12.0. The second kappa shape index (κ2) is 15.4. The highest BCUT2D eigenvalue weighted by molar-refractivity contribution is 9.09. The molecule has 0 heterocycles. The van der Waals surface area contributed by atoms with E-state index in [2.05, 4.69) is 15.9 Å². The van der Waals surface area contributed by atoms with Gasteiger partial charge in [0, 0.05) is 18.4 Å². The molecular formula is C30H33BrF3NO3. The van der Waals surface area contributed by atoms with Gasteiger partial charge in [-0.3, -0.25) is 4.79 Å². The Morgan fingerprint density at radius 1 is 0.711 bits per heavy atom. The molecule has 0 aliphatic carbocycles. The molecule has 4 nitrogen and oxygen atoms in total. The number of ether oxygens (including phenoxy) is 2. The summed E-state index contributed by atoms with van der Waals surface area (Å²) in [4.78, 5) is 13.0. The number of hydrogen-bond donors (Lipinski definition) is 0. The smallest absolute Gasteiger partial charge is 0.471 e. The number of carbonyl (C=O) groups is 1. The Hall–Kier alpha value is -3.00. The number of carbonyl (C=O) groups excluding carboxylic acids is 1. The highest BCUT2D eigenvalue weighted by Crippen LogP contribution is 2.31. The number of nitrogens with zero attached hydrogens (tertiary/aromatic N) is 1. The number of unbranched alkanes of at least 4 members (excludes halogenated alkanes) is 3. The first-order valence-corrected chi connectivity index (χ1v) is 13.9. The minimum Gasteiger partial charge on any atom is -0.485 e. The molecule has 0 atom stereocenters. The normalized spacial score (nSPS) is 11.3. The summed E-state index contributed by atoms with van der Waals surface area (Å²) in [6.07, 6.45) is -1.45. The van der Waals surface area contributed by atoms with Crippen molar-refractivity contribution in [3.8, 4) is 11.5 Å². The second-order valence-electron chi connectivity index (χ2n) is 8.97. The molecule has 8 heteroatoms. The van der Waals surface area contributed by atoms with Crippen LogP contribution >= 0.6 is 15.9 Å². The van der Waals surface area contributed by atoms with E-state index in [1.807, 2.05) is 66.7 Å². The Morgan fingerprint density at radius 3 is 1.87 bits per heavy atom. The second-order valence-corrected chi connectivity index (χ2v) is 9.77. The van der Waals surface area contributed by atoms with Gasteiger partial charge in [-0.25, -0.2) is 0 Å². The van der Waals surface area contributed by atoms with Gasteiger partial charge in [-0.2, -0.15) is 13.2 Å². The average Bonchev–Trinajstić information content (AvgIpc) is 2.93. The number of halogens is 4. The van der Waals surface area contributed by atoms with Crippen molar-refractivity contribution in [3.05, 3.63) is 95.6 Å². The fourth-order valence-corrected chi connectivity index (χ4v) is 4.32. The Balaban J connectivity index is 1.70. The first kappa shape index (κ1) is 29.6. The molecule has 0 aromatic heterocycles. The summed E-state index contributed by atoms with van der Waals surface area (Å²) in [7, 11) is 0. The van der Waals surface area contributed by atoms with Gasteiger partial charge in [0.05, 0.1) is 0 Å². The lowest BCUT2D eigenvalue weighted by Gasteiger charge is -2.24. The number of hydrogen-bond acceptors (Lipinski definition) is 3. The minimum absolute atomic E-state index is 0.0286. The third-order valence-corrected chi connectivity index (χ3v) is 6.55. The van der Waals surface area contributed by atoms with Crippen molar-refractivity contribution in [2.45, 2.75) is 51.5 Å². The third-order valence-electron chi connectivity index (χ3n) is 5.99. The van der Waals surface area contributed by atoms with Gasteiger partial charge < -0.3 is 14.4 Å². The number of alkyl halides is 4. The van der Waals surface area contributed by atoms with E-state index in [-0.39, 0.29) is 19.5 Å². The molecule has 0 aliphatic heterocycles. The Bertz CT molecular complexity index is 1110. The fourth-order valence-electron chi connectivity index (χ4n) is 3.92. The fraction of sp³-hybridized carbons (Fsp3) is 0.367. The van der Waals surface area contributed by atoms with E-state index in [1.165, 1.54) is 0 Å². The summed E-state index contributed by atoms with van der Waals surface area (Å²) < 4.78 is 51.8. The molecule has 0 N–H and O–H groups in total. The minimum atomic E-state index is -4.89. The largest absolute Gasteiger partial charge is 0.485 e. The average molecular weight is 592 g/mol. The van der Waals surface area contributed by atoms with Crippen LogP contribution in [0.25, 0.3) is 0 Å². The standard InChI is InChI=1S/C30H33BrF3NO3/c31-18-9-1-2-10-19-35(29(36)30(32,33)34)20-17-24-15-16-27(37-22-25-11-5-3-6-12-25)28(21-24)38-23-26-13-7-4-8-14-26/h3-8,11-16,21H,1-2,9-10,17-20,22-23H2. The van der Waals surface area contributed by atoms with E-state index in [9.17, 15) is 18.0 Å². The molecule has 204 valence electrons. The maximum atomic E-state index is 13.2. The van der Waals surface area contributed by atoms with E-state index in [0.29, 0.717) is 31.1 Å². The van der Waals surface area contributed by atoms with Crippen LogP contribution in [0.5, 0.6) is 11.5 Å². The molecule has 0 spiro atoms. The van der Waals surface area contributed by atoms with Gasteiger partial charge in [0.1, 0.15) is 13.2 Å². The van der Waals surface area contributed by atoms with Crippen molar-refractivity contribution in [2.24, 2.45) is 0 Å². The number of benzene rings is 3. The molecule has 0 saturated heterocycles. The zero-order chi connectivity index (χ0) is 27.2. The molecule has 3 aromatic carbocycles. The molecule has 3 rings (SSSR count). The highest BCUT2D eigenvalue weighted by Gasteiger charge is 2.42. The summed E-state index contributed by atoms with van der Waals surface area (Å²) in [6.45, 7) is 0.722. The molecule has 0 bridgehead atoms. The molecule has 38 heavy (non-hydrogen) atoms. The van der Waals surface area contributed by atoms with E-state index in [4.69, 9.17) is 9.47 Å². The van der Waals surface area contributed by atoms with Gasteiger partial charge in [0.25, 0.3) is 0 Å². The van der Waals surface area contributed by atoms with Crippen LogP contribution in [0.1, 0.15) is 42.4 Å². The zero-order valence-corrected chi connectivity index (χ0v) is 22.8. The maximum Gasteiger partial charge on any atom is 0.471 e. The van der Waals surface area contributed by atoms with E-state index in [0.717, 1.165) is 46.2 Å². The summed E-state index contributed by atoms with van der Waals surface area (Å²) in [5, 5.41) is 0.859.